The molecule has 0 saturated carbocycles. The molecule has 0 aliphatic rings. The van der Waals surface area contributed by atoms with Crippen molar-refractivity contribution in [2.75, 3.05) is 0 Å². The van der Waals surface area contributed by atoms with Crippen molar-refractivity contribution in [3.63, 3.8) is 0 Å². The lowest BCUT2D eigenvalue weighted by Crippen LogP contribution is -2.04. The highest BCUT2D eigenvalue weighted by atomic mass is 16.6. The number of hydrogen-bond donors (Lipinski definition) is 0. The lowest BCUT2D eigenvalue weighted by Gasteiger charge is -2.09. The number of pyridine rings is 1. The van der Waals surface area contributed by atoms with Gasteiger partial charge in [-0.15, -0.1) is 0 Å². The molecular formula is C14H14N2O3. The lowest BCUT2D eigenvalue weighted by atomic mass is 10.1. The van der Waals surface area contributed by atoms with Gasteiger partial charge in [0.1, 0.15) is 6.61 Å². The highest BCUT2D eigenvalue weighted by Gasteiger charge is 2.16. The monoisotopic (exact) mass is 258 g/mol. The summed E-state index contributed by atoms with van der Waals surface area (Å²) in [5.74, 6) is 0.500. The minimum absolute atomic E-state index is 0.0774. The van der Waals surface area contributed by atoms with Crippen molar-refractivity contribution in [3.8, 4) is 5.88 Å². The van der Waals surface area contributed by atoms with Gasteiger partial charge in [-0.05, 0) is 25.5 Å². The number of aromatic nitrogens is 1. The number of nitro benzene ring substituents is 1. The first-order valence-electron chi connectivity index (χ1n) is 5.87. The predicted octanol–water partition coefficient (Wildman–Crippen LogP) is 3.19. The van der Waals surface area contributed by atoms with Crippen molar-refractivity contribution < 1.29 is 9.66 Å². The summed E-state index contributed by atoms with van der Waals surface area (Å²) in [6.07, 6.45) is 1.63. The Kier molecular flexibility index (Phi) is 3.75. The van der Waals surface area contributed by atoms with E-state index in [-0.39, 0.29) is 12.3 Å². The quantitative estimate of drug-likeness (QED) is 0.624. The summed E-state index contributed by atoms with van der Waals surface area (Å²) in [7, 11) is 0. The average molecular weight is 258 g/mol. The van der Waals surface area contributed by atoms with Gasteiger partial charge in [-0.25, -0.2) is 4.98 Å². The van der Waals surface area contributed by atoms with Gasteiger partial charge < -0.3 is 4.74 Å². The van der Waals surface area contributed by atoms with Crippen molar-refractivity contribution >= 4 is 5.69 Å². The molecule has 0 atom stereocenters. The molecular weight excluding hydrogens is 244 g/mol. The van der Waals surface area contributed by atoms with E-state index >= 15 is 0 Å². The van der Waals surface area contributed by atoms with Gasteiger partial charge in [0.25, 0.3) is 5.69 Å². The second-order valence-electron chi connectivity index (χ2n) is 4.24. The van der Waals surface area contributed by atoms with Crippen LogP contribution in [0.25, 0.3) is 0 Å². The minimum atomic E-state index is -0.392. The number of hydrogen-bond acceptors (Lipinski definition) is 4. The van der Waals surface area contributed by atoms with Crippen LogP contribution in [0.4, 0.5) is 5.69 Å². The Morgan fingerprint density at radius 3 is 2.63 bits per heavy atom. The molecule has 5 nitrogen and oxygen atoms in total. The summed E-state index contributed by atoms with van der Waals surface area (Å²) < 4.78 is 5.58. The number of ether oxygens (including phenoxy) is 1. The zero-order valence-electron chi connectivity index (χ0n) is 10.8. The molecule has 0 bridgehead atoms. The Balaban J connectivity index is 2.25. The summed E-state index contributed by atoms with van der Waals surface area (Å²) in [6, 6.07) is 8.68. The first-order valence-corrected chi connectivity index (χ1v) is 5.87. The molecule has 98 valence electrons. The van der Waals surface area contributed by atoms with Crippen LogP contribution < -0.4 is 4.74 Å². The molecule has 0 aliphatic heterocycles. The molecule has 0 unspecified atom stereocenters. The zero-order valence-corrected chi connectivity index (χ0v) is 10.8. The van der Waals surface area contributed by atoms with Crippen LogP contribution in [0.2, 0.25) is 0 Å². The third-order valence-electron chi connectivity index (χ3n) is 2.90. The van der Waals surface area contributed by atoms with Crippen LogP contribution in [0, 0.1) is 24.0 Å². The second kappa shape index (κ2) is 5.48. The summed E-state index contributed by atoms with van der Waals surface area (Å²) in [5.41, 5.74) is 2.40. The third-order valence-corrected chi connectivity index (χ3v) is 2.90. The van der Waals surface area contributed by atoms with Crippen LogP contribution in [0.1, 0.15) is 16.7 Å². The van der Waals surface area contributed by atoms with E-state index in [1.54, 1.807) is 12.3 Å². The first kappa shape index (κ1) is 13.0. The largest absolute Gasteiger partial charge is 0.472 e. The standard InChI is InChI=1S/C14H14N2O3/c1-10-5-3-7-13(16(17)18)12(10)9-19-14-11(2)6-4-8-15-14/h3-8H,9H2,1-2H3. The van der Waals surface area contributed by atoms with E-state index in [4.69, 9.17) is 4.74 Å². The number of benzene rings is 1. The van der Waals surface area contributed by atoms with E-state index in [0.717, 1.165) is 11.1 Å². The molecule has 0 spiro atoms. The van der Waals surface area contributed by atoms with Crippen molar-refractivity contribution in [2.45, 2.75) is 20.5 Å². The van der Waals surface area contributed by atoms with Crippen molar-refractivity contribution in [2.24, 2.45) is 0 Å². The normalized spacial score (nSPS) is 10.2. The topological polar surface area (TPSA) is 65.3 Å². The molecule has 2 rings (SSSR count). The van der Waals surface area contributed by atoms with E-state index in [9.17, 15) is 10.1 Å². The van der Waals surface area contributed by atoms with E-state index in [1.807, 2.05) is 32.0 Å². The molecule has 1 aromatic heterocycles. The molecule has 0 saturated heterocycles. The summed E-state index contributed by atoms with van der Waals surface area (Å²) in [6.45, 7) is 3.85. The first-order chi connectivity index (χ1) is 9.09. The molecule has 0 aliphatic carbocycles. The third kappa shape index (κ3) is 2.88. The predicted molar refractivity (Wildman–Crippen MR) is 71.1 cm³/mol. The molecule has 1 heterocycles. The number of aryl methyl sites for hydroxylation is 2. The van der Waals surface area contributed by atoms with Gasteiger partial charge in [0.2, 0.25) is 5.88 Å². The van der Waals surface area contributed by atoms with Crippen LogP contribution in [0.15, 0.2) is 36.5 Å². The lowest BCUT2D eigenvalue weighted by molar-refractivity contribution is -0.385. The zero-order chi connectivity index (χ0) is 13.8. The SMILES string of the molecule is Cc1cccnc1OCc1c(C)cccc1[N+](=O)[O-]. The van der Waals surface area contributed by atoms with Crippen LogP contribution in [-0.4, -0.2) is 9.91 Å². The maximum absolute atomic E-state index is 11.0. The smallest absolute Gasteiger partial charge is 0.276 e. The van der Waals surface area contributed by atoms with Crippen molar-refractivity contribution in [1.82, 2.24) is 4.98 Å². The summed E-state index contributed by atoms with van der Waals surface area (Å²) >= 11 is 0. The highest BCUT2D eigenvalue weighted by molar-refractivity contribution is 5.44. The molecule has 2 aromatic rings. The highest BCUT2D eigenvalue weighted by Crippen LogP contribution is 2.24. The van der Waals surface area contributed by atoms with Gasteiger partial charge in [-0.3, -0.25) is 10.1 Å². The molecule has 0 N–H and O–H groups in total. The Hall–Kier alpha value is -2.43. The van der Waals surface area contributed by atoms with Gasteiger partial charge in [-0.2, -0.15) is 0 Å². The average Bonchev–Trinajstić information content (AvgIpc) is 2.38. The number of nitrogens with zero attached hydrogens (tertiary/aromatic N) is 2. The fraction of sp³-hybridized carbons (Fsp3) is 0.214. The number of nitro groups is 1. The van der Waals surface area contributed by atoms with E-state index in [1.165, 1.54) is 6.07 Å². The molecule has 1 aromatic carbocycles. The van der Waals surface area contributed by atoms with Crippen LogP contribution in [-0.2, 0) is 6.61 Å². The summed E-state index contributed by atoms with van der Waals surface area (Å²) in [5, 5.41) is 11.0. The molecule has 0 fully saturated rings. The second-order valence-corrected chi connectivity index (χ2v) is 4.24. The fourth-order valence-corrected chi connectivity index (χ4v) is 1.81. The molecule has 19 heavy (non-hydrogen) atoms. The maximum atomic E-state index is 11.0. The van der Waals surface area contributed by atoms with Gasteiger partial charge >= 0.3 is 0 Å². The van der Waals surface area contributed by atoms with Gasteiger partial charge in [0.05, 0.1) is 10.5 Å². The van der Waals surface area contributed by atoms with Crippen LogP contribution in [0.3, 0.4) is 0 Å². The Labute approximate surface area is 111 Å². The van der Waals surface area contributed by atoms with Crippen molar-refractivity contribution in [1.29, 1.82) is 0 Å². The van der Waals surface area contributed by atoms with Crippen LogP contribution in [0.5, 0.6) is 5.88 Å². The van der Waals surface area contributed by atoms with Crippen molar-refractivity contribution in [3.05, 3.63) is 63.3 Å². The Morgan fingerprint density at radius 1 is 1.21 bits per heavy atom. The fourth-order valence-electron chi connectivity index (χ4n) is 1.81. The summed E-state index contributed by atoms with van der Waals surface area (Å²) in [4.78, 5) is 14.7. The molecule has 5 heteroatoms. The van der Waals surface area contributed by atoms with Gasteiger partial charge in [-0.1, -0.05) is 18.2 Å². The van der Waals surface area contributed by atoms with Gasteiger partial charge in [0.15, 0.2) is 0 Å². The van der Waals surface area contributed by atoms with Crippen LogP contribution >= 0.6 is 0 Å². The Bertz CT molecular complexity index is 611. The maximum Gasteiger partial charge on any atom is 0.276 e. The van der Waals surface area contributed by atoms with E-state index < -0.39 is 4.92 Å². The number of rotatable bonds is 4. The molecule has 0 radical (unpaired) electrons. The Morgan fingerprint density at radius 2 is 1.95 bits per heavy atom. The minimum Gasteiger partial charge on any atom is -0.472 e. The van der Waals surface area contributed by atoms with E-state index in [2.05, 4.69) is 4.98 Å². The molecule has 0 amide bonds. The van der Waals surface area contributed by atoms with Gasteiger partial charge in [0, 0.05) is 17.8 Å². The van der Waals surface area contributed by atoms with E-state index in [0.29, 0.717) is 11.4 Å².